The van der Waals surface area contributed by atoms with Crippen LogP contribution in [0.4, 0.5) is 0 Å². The highest BCUT2D eigenvalue weighted by Crippen LogP contribution is 2.21. The average molecular weight is 364 g/mol. The van der Waals surface area contributed by atoms with E-state index in [2.05, 4.69) is 0 Å². The predicted molar refractivity (Wildman–Crippen MR) is 97.6 cm³/mol. The lowest BCUT2D eigenvalue weighted by Crippen LogP contribution is -2.50. The molecule has 1 amide bonds. The number of rotatable bonds is 8. The van der Waals surface area contributed by atoms with Gasteiger partial charge in [-0.15, -0.1) is 0 Å². The summed E-state index contributed by atoms with van der Waals surface area (Å²) in [6.45, 7) is 5.70. The van der Waals surface area contributed by atoms with E-state index < -0.39 is 12.1 Å². The number of likely N-dealkylation sites (N-methyl/N-ethyl adjacent to an activating group) is 1. The third-order valence-electron chi connectivity index (χ3n) is 4.76. The van der Waals surface area contributed by atoms with Crippen LogP contribution in [-0.2, 0) is 9.59 Å². The van der Waals surface area contributed by atoms with Crippen LogP contribution in [-0.4, -0.2) is 72.2 Å². The van der Waals surface area contributed by atoms with E-state index in [-0.39, 0.29) is 18.5 Å². The fourth-order valence-electron chi connectivity index (χ4n) is 3.29. The van der Waals surface area contributed by atoms with Gasteiger partial charge >= 0.3 is 5.97 Å². The van der Waals surface area contributed by atoms with Gasteiger partial charge < -0.3 is 19.5 Å². The second kappa shape index (κ2) is 9.43. The molecule has 0 radical (unpaired) electrons. The number of carbonyl (C=O) groups is 2. The molecule has 0 aliphatic carbocycles. The molecule has 1 aliphatic rings. The zero-order valence-corrected chi connectivity index (χ0v) is 15.7. The van der Waals surface area contributed by atoms with Gasteiger partial charge in [0.1, 0.15) is 11.5 Å². The van der Waals surface area contributed by atoms with Crippen molar-refractivity contribution in [2.24, 2.45) is 0 Å². The molecule has 2 rings (SSSR count). The van der Waals surface area contributed by atoms with Crippen LogP contribution in [0.3, 0.4) is 0 Å². The molecule has 1 N–H and O–H groups in total. The number of carboxylic acid groups (broad SMARTS) is 1. The maximum Gasteiger partial charge on any atom is 0.317 e. The number of carbonyl (C=O) groups excluding carboxylic acids is 1. The molecule has 7 heteroatoms. The van der Waals surface area contributed by atoms with Gasteiger partial charge in [0.25, 0.3) is 5.91 Å². The van der Waals surface area contributed by atoms with Gasteiger partial charge in [0.15, 0.2) is 6.10 Å². The Hall–Kier alpha value is -2.28. The molecule has 1 saturated heterocycles. The summed E-state index contributed by atoms with van der Waals surface area (Å²) in [5.74, 6) is 0.507. The molecule has 1 aromatic carbocycles. The number of likely N-dealkylation sites (tertiary alicyclic amines) is 1. The van der Waals surface area contributed by atoms with Crippen molar-refractivity contribution in [3.05, 3.63) is 24.3 Å². The number of piperidine rings is 1. The van der Waals surface area contributed by atoms with E-state index in [1.165, 1.54) is 0 Å². The smallest absolute Gasteiger partial charge is 0.317 e. The van der Waals surface area contributed by atoms with E-state index in [9.17, 15) is 9.59 Å². The molecule has 0 aromatic heterocycles. The summed E-state index contributed by atoms with van der Waals surface area (Å²) in [6.07, 6.45) is 0.991. The second-order valence-electron chi connectivity index (χ2n) is 6.45. The molecule has 1 atom stereocenters. The maximum atomic E-state index is 12.6. The van der Waals surface area contributed by atoms with Crippen LogP contribution in [0, 0.1) is 0 Å². The minimum absolute atomic E-state index is 0.0412. The van der Waals surface area contributed by atoms with Crippen LogP contribution >= 0.6 is 0 Å². The summed E-state index contributed by atoms with van der Waals surface area (Å²) in [5, 5.41) is 9.00. The molecule has 0 bridgehead atoms. The largest absolute Gasteiger partial charge is 0.497 e. The third kappa shape index (κ3) is 5.36. The number of hydrogen-bond acceptors (Lipinski definition) is 5. The molecule has 1 fully saturated rings. The van der Waals surface area contributed by atoms with Crippen molar-refractivity contribution in [2.45, 2.75) is 38.8 Å². The van der Waals surface area contributed by atoms with Crippen molar-refractivity contribution >= 4 is 11.9 Å². The minimum Gasteiger partial charge on any atom is -0.497 e. The number of nitrogens with zero attached hydrogens (tertiary/aromatic N) is 2. The monoisotopic (exact) mass is 364 g/mol. The SMILES string of the molecule is CCN(CC(=O)O)C1CCN(C(=O)C(C)Oc2ccc(OC)cc2)CC1. The Balaban J connectivity index is 1.85. The lowest BCUT2D eigenvalue weighted by Gasteiger charge is -2.38. The van der Waals surface area contributed by atoms with Gasteiger partial charge in [-0.2, -0.15) is 0 Å². The van der Waals surface area contributed by atoms with Crippen molar-refractivity contribution in [2.75, 3.05) is 33.3 Å². The molecule has 26 heavy (non-hydrogen) atoms. The topological polar surface area (TPSA) is 79.3 Å². The fraction of sp³-hybridized carbons (Fsp3) is 0.579. The fourth-order valence-corrected chi connectivity index (χ4v) is 3.29. The zero-order chi connectivity index (χ0) is 19.1. The number of hydrogen-bond donors (Lipinski definition) is 1. The van der Waals surface area contributed by atoms with Crippen molar-refractivity contribution < 1.29 is 24.2 Å². The predicted octanol–water partition coefficient (Wildman–Crippen LogP) is 1.86. The highest BCUT2D eigenvalue weighted by molar-refractivity contribution is 5.81. The second-order valence-corrected chi connectivity index (χ2v) is 6.45. The molecular formula is C19H28N2O5. The van der Waals surface area contributed by atoms with Crippen molar-refractivity contribution in [1.82, 2.24) is 9.80 Å². The Morgan fingerprint density at radius 2 is 1.81 bits per heavy atom. The van der Waals surface area contributed by atoms with Crippen molar-refractivity contribution in [3.63, 3.8) is 0 Å². The van der Waals surface area contributed by atoms with Gasteiger partial charge in [0, 0.05) is 19.1 Å². The lowest BCUT2D eigenvalue weighted by atomic mass is 10.0. The van der Waals surface area contributed by atoms with Gasteiger partial charge in [0.2, 0.25) is 0 Å². The van der Waals surface area contributed by atoms with E-state index >= 15 is 0 Å². The van der Waals surface area contributed by atoms with Crippen LogP contribution in [0.5, 0.6) is 11.5 Å². The highest BCUT2D eigenvalue weighted by atomic mass is 16.5. The Kier molecular flexibility index (Phi) is 7.26. The van der Waals surface area contributed by atoms with Crippen molar-refractivity contribution in [3.8, 4) is 11.5 Å². The molecule has 1 aliphatic heterocycles. The Morgan fingerprint density at radius 3 is 2.31 bits per heavy atom. The van der Waals surface area contributed by atoms with E-state index in [1.54, 1.807) is 43.2 Å². The molecule has 1 unspecified atom stereocenters. The van der Waals surface area contributed by atoms with Crippen LogP contribution in [0.1, 0.15) is 26.7 Å². The van der Waals surface area contributed by atoms with Crippen LogP contribution in [0.25, 0.3) is 0 Å². The first-order valence-electron chi connectivity index (χ1n) is 9.00. The Morgan fingerprint density at radius 1 is 1.23 bits per heavy atom. The number of amides is 1. The Labute approximate surface area is 154 Å². The summed E-state index contributed by atoms with van der Waals surface area (Å²) in [6, 6.07) is 7.34. The first-order chi connectivity index (χ1) is 12.4. The third-order valence-corrected chi connectivity index (χ3v) is 4.76. The molecule has 1 heterocycles. The quantitative estimate of drug-likeness (QED) is 0.758. The van der Waals surface area contributed by atoms with Gasteiger partial charge in [-0.05, 0) is 50.6 Å². The van der Waals surface area contributed by atoms with Crippen LogP contribution < -0.4 is 9.47 Å². The van der Waals surface area contributed by atoms with E-state index in [0.717, 1.165) is 18.6 Å². The highest BCUT2D eigenvalue weighted by Gasteiger charge is 2.29. The minimum atomic E-state index is -0.813. The molecule has 7 nitrogen and oxygen atoms in total. The summed E-state index contributed by atoms with van der Waals surface area (Å²) < 4.78 is 10.8. The van der Waals surface area contributed by atoms with Gasteiger partial charge in [-0.25, -0.2) is 0 Å². The standard InChI is InChI=1S/C19H28N2O5/c1-4-20(13-18(22)23)15-9-11-21(12-10-15)19(24)14(2)26-17-7-5-16(25-3)6-8-17/h5-8,14-15H,4,9-13H2,1-3H3,(H,22,23). The Bertz CT molecular complexity index is 596. The first kappa shape index (κ1) is 20.0. The number of carboxylic acids is 1. The summed E-state index contributed by atoms with van der Waals surface area (Å²) in [4.78, 5) is 27.3. The number of methoxy groups -OCH3 is 1. The first-order valence-corrected chi connectivity index (χ1v) is 9.00. The molecular weight excluding hydrogens is 336 g/mol. The number of benzene rings is 1. The van der Waals surface area contributed by atoms with Gasteiger partial charge in [0.05, 0.1) is 13.7 Å². The molecule has 144 valence electrons. The normalized spacial score (nSPS) is 16.4. The van der Waals surface area contributed by atoms with Crippen LogP contribution in [0.2, 0.25) is 0 Å². The molecule has 0 spiro atoms. The van der Waals surface area contributed by atoms with E-state index in [1.807, 2.05) is 11.8 Å². The molecule has 1 aromatic rings. The van der Waals surface area contributed by atoms with Gasteiger partial charge in [-0.1, -0.05) is 6.92 Å². The number of aliphatic carboxylic acids is 1. The zero-order valence-electron chi connectivity index (χ0n) is 15.7. The summed E-state index contributed by atoms with van der Waals surface area (Å²) in [7, 11) is 1.60. The van der Waals surface area contributed by atoms with Crippen LogP contribution in [0.15, 0.2) is 24.3 Å². The molecule has 0 saturated carbocycles. The van der Waals surface area contributed by atoms with Crippen molar-refractivity contribution in [1.29, 1.82) is 0 Å². The number of ether oxygens (including phenoxy) is 2. The summed E-state index contributed by atoms with van der Waals surface area (Å²) in [5.41, 5.74) is 0. The van der Waals surface area contributed by atoms with E-state index in [4.69, 9.17) is 14.6 Å². The summed E-state index contributed by atoms with van der Waals surface area (Å²) >= 11 is 0. The van der Waals surface area contributed by atoms with E-state index in [0.29, 0.717) is 25.4 Å². The lowest BCUT2D eigenvalue weighted by molar-refractivity contribution is -0.142. The van der Waals surface area contributed by atoms with Gasteiger partial charge in [-0.3, -0.25) is 14.5 Å². The average Bonchev–Trinajstić information content (AvgIpc) is 2.66. The maximum absolute atomic E-state index is 12.6.